The molecule has 2 unspecified atom stereocenters. The summed E-state index contributed by atoms with van der Waals surface area (Å²) < 4.78 is 4.99. The fourth-order valence-electron chi connectivity index (χ4n) is 2.51. The largest absolute Gasteiger partial charge is 0.396 e. The van der Waals surface area contributed by atoms with Crippen molar-refractivity contribution in [2.45, 2.75) is 38.8 Å². The van der Waals surface area contributed by atoms with Gasteiger partial charge in [-0.15, -0.1) is 11.3 Å². The van der Waals surface area contributed by atoms with Gasteiger partial charge >= 0.3 is 0 Å². The normalized spacial score (nSPS) is 26.6. The molecule has 0 spiro atoms. The van der Waals surface area contributed by atoms with E-state index in [2.05, 4.69) is 10.3 Å². The molecule has 0 aromatic carbocycles. The van der Waals surface area contributed by atoms with Crippen LogP contribution in [0.4, 0.5) is 0 Å². The van der Waals surface area contributed by atoms with Crippen LogP contribution in [0.3, 0.4) is 0 Å². The summed E-state index contributed by atoms with van der Waals surface area (Å²) in [6, 6.07) is 0.0255. The van der Waals surface area contributed by atoms with Crippen LogP contribution in [0.15, 0.2) is 5.38 Å². The first-order valence-electron chi connectivity index (χ1n) is 6.44. The van der Waals surface area contributed by atoms with E-state index in [0.29, 0.717) is 12.3 Å². The molecule has 1 aromatic heterocycles. The Labute approximate surface area is 117 Å². The number of amides is 1. The fourth-order valence-corrected chi connectivity index (χ4v) is 3.25. The Kier molecular flexibility index (Phi) is 4.54. The van der Waals surface area contributed by atoms with Crippen molar-refractivity contribution >= 4 is 17.2 Å². The van der Waals surface area contributed by atoms with Gasteiger partial charge in [0.2, 0.25) is 0 Å². The Morgan fingerprint density at radius 2 is 2.53 bits per heavy atom. The van der Waals surface area contributed by atoms with Crippen molar-refractivity contribution < 1.29 is 14.6 Å². The molecule has 1 aliphatic rings. The van der Waals surface area contributed by atoms with E-state index in [-0.39, 0.29) is 24.0 Å². The van der Waals surface area contributed by atoms with Gasteiger partial charge < -0.3 is 15.2 Å². The molecule has 2 N–H and O–H groups in total. The molecule has 1 aliphatic carbocycles. The van der Waals surface area contributed by atoms with Gasteiger partial charge in [-0.2, -0.15) is 0 Å². The molecule has 1 fully saturated rings. The van der Waals surface area contributed by atoms with Crippen molar-refractivity contribution in [3.63, 3.8) is 0 Å². The number of aliphatic hydroxyl groups is 1. The number of hydrogen-bond donors (Lipinski definition) is 2. The van der Waals surface area contributed by atoms with Gasteiger partial charge in [0.15, 0.2) is 0 Å². The quantitative estimate of drug-likeness (QED) is 0.861. The molecule has 1 heterocycles. The highest BCUT2D eigenvalue weighted by Crippen LogP contribution is 2.37. The number of nitrogens with zero attached hydrogens (tertiary/aromatic N) is 1. The Morgan fingerprint density at radius 3 is 3.21 bits per heavy atom. The molecule has 5 nitrogen and oxygen atoms in total. The molecule has 0 bridgehead atoms. The van der Waals surface area contributed by atoms with E-state index in [1.165, 1.54) is 11.3 Å². The molecule has 19 heavy (non-hydrogen) atoms. The minimum Gasteiger partial charge on any atom is -0.396 e. The first-order valence-corrected chi connectivity index (χ1v) is 7.32. The zero-order valence-electron chi connectivity index (χ0n) is 11.3. The lowest BCUT2D eigenvalue weighted by atomic mass is 9.86. The highest BCUT2D eigenvalue weighted by atomic mass is 32.1. The standard InChI is InChI=1S/C13H20N2O3S/c1-13(8-16)5-3-4-10(13)15-12(17)9-7-19-11(14-9)6-18-2/h7,10,16H,3-6,8H2,1-2H3,(H,15,17). The third-order valence-electron chi connectivity index (χ3n) is 3.80. The molecule has 106 valence electrons. The minimum atomic E-state index is -0.207. The number of aromatic nitrogens is 1. The lowest BCUT2D eigenvalue weighted by Gasteiger charge is -2.29. The van der Waals surface area contributed by atoms with E-state index in [4.69, 9.17) is 4.74 Å². The second-order valence-corrected chi connectivity index (χ2v) is 6.23. The van der Waals surface area contributed by atoms with E-state index < -0.39 is 0 Å². The maximum Gasteiger partial charge on any atom is 0.270 e. The number of aliphatic hydroxyl groups excluding tert-OH is 1. The molecule has 0 saturated heterocycles. The fraction of sp³-hybridized carbons (Fsp3) is 0.692. The van der Waals surface area contributed by atoms with Crippen LogP contribution in [0.2, 0.25) is 0 Å². The first-order chi connectivity index (χ1) is 9.09. The number of ether oxygens (including phenoxy) is 1. The number of methoxy groups -OCH3 is 1. The monoisotopic (exact) mass is 284 g/mol. The topological polar surface area (TPSA) is 71.5 Å². The Balaban J connectivity index is 2.00. The van der Waals surface area contributed by atoms with E-state index in [9.17, 15) is 9.90 Å². The van der Waals surface area contributed by atoms with E-state index >= 15 is 0 Å². The average Bonchev–Trinajstić information content (AvgIpc) is 2.99. The van der Waals surface area contributed by atoms with Gasteiger partial charge in [0.1, 0.15) is 10.7 Å². The van der Waals surface area contributed by atoms with Gasteiger partial charge in [-0.05, 0) is 12.8 Å². The summed E-state index contributed by atoms with van der Waals surface area (Å²) in [5.74, 6) is -0.162. The Bertz CT molecular complexity index is 449. The summed E-state index contributed by atoms with van der Waals surface area (Å²) in [4.78, 5) is 16.4. The van der Waals surface area contributed by atoms with Crippen LogP contribution in [0, 0.1) is 5.41 Å². The van der Waals surface area contributed by atoms with Crippen molar-refractivity contribution in [3.05, 3.63) is 16.1 Å². The zero-order chi connectivity index (χ0) is 13.9. The summed E-state index contributed by atoms with van der Waals surface area (Å²) >= 11 is 1.42. The molecule has 0 aliphatic heterocycles. The number of carbonyl (C=O) groups excluding carboxylic acids is 1. The molecule has 6 heteroatoms. The van der Waals surface area contributed by atoms with Crippen molar-refractivity contribution in [2.75, 3.05) is 13.7 Å². The molecule has 2 atom stereocenters. The SMILES string of the molecule is COCc1nc(C(=O)NC2CCCC2(C)CO)cs1. The lowest BCUT2D eigenvalue weighted by molar-refractivity contribution is 0.0826. The van der Waals surface area contributed by atoms with Crippen molar-refractivity contribution in [2.24, 2.45) is 5.41 Å². The molecule has 0 radical (unpaired) electrons. The predicted octanol–water partition coefficient (Wildman–Crippen LogP) is 1.57. The average molecular weight is 284 g/mol. The predicted molar refractivity (Wildman–Crippen MR) is 73.1 cm³/mol. The van der Waals surface area contributed by atoms with Gasteiger partial charge in [0.25, 0.3) is 5.91 Å². The van der Waals surface area contributed by atoms with Crippen LogP contribution in [0.1, 0.15) is 41.7 Å². The second-order valence-electron chi connectivity index (χ2n) is 5.29. The van der Waals surface area contributed by atoms with Crippen molar-refractivity contribution in [1.82, 2.24) is 10.3 Å². The van der Waals surface area contributed by atoms with Gasteiger partial charge in [0.05, 0.1) is 13.2 Å². The van der Waals surface area contributed by atoms with Crippen LogP contribution >= 0.6 is 11.3 Å². The smallest absolute Gasteiger partial charge is 0.270 e. The van der Waals surface area contributed by atoms with E-state index in [1.54, 1.807) is 12.5 Å². The summed E-state index contributed by atoms with van der Waals surface area (Å²) in [5.41, 5.74) is 0.227. The van der Waals surface area contributed by atoms with Crippen molar-refractivity contribution in [3.8, 4) is 0 Å². The lowest BCUT2D eigenvalue weighted by Crippen LogP contribution is -2.44. The number of hydrogen-bond acceptors (Lipinski definition) is 5. The van der Waals surface area contributed by atoms with Gasteiger partial charge in [-0.3, -0.25) is 4.79 Å². The van der Waals surface area contributed by atoms with Crippen molar-refractivity contribution in [1.29, 1.82) is 0 Å². The maximum atomic E-state index is 12.1. The Hall–Kier alpha value is -0.980. The van der Waals surface area contributed by atoms with Crippen LogP contribution in [-0.2, 0) is 11.3 Å². The van der Waals surface area contributed by atoms with E-state index in [1.807, 2.05) is 6.92 Å². The van der Waals surface area contributed by atoms with Gasteiger partial charge in [-0.25, -0.2) is 4.98 Å². The zero-order valence-corrected chi connectivity index (χ0v) is 12.1. The summed E-state index contributed by atoms with van der Waals surface area (Å²) in [6.07, 6.45) is 2.90. The highest BCUT2D eigenvalue weighted by molar-refractivity contribution is 7.09. The maximum absolute atomic E-state index is 12.1. The van der Waals surface area contributed by atoms with Crippen LogP contribution in [0.5, 0.6) is 0 Å². The van der Waals surface area contributed by atoms with Crippen LogP contribution < -0.4 is 5.32 Å². The van der Waals surface area contributed by atoms with Gasteiger partial charge in [0, 0.05) is 23.9 Å². The molecule has 1 saturated carbocycles. The first kappa shape index (κ1) is 14.4. The van der Waals surface area contributed by atoms with Gasteiger partial charge in [-0.1, -0.05) is 13.3 Å². The number of thiazole rings is 1. The molecule has 1 amide bonds. The van der Waals surface area contributed by atoms with Crippen LogP contribution in [0.25, 0.3) is 0 Å². The molecule has 2 rings (SSSR count). The minimum absolute atomic E-state index is 0.0255. The summed E-state index contributed by atoms with van der Waals surface area (Å²) in [7, 11) is 1.60. The highest BCUT2D eigenvalue weighted by Gasteiger charge is 2.39. The number of carbonyl (C=O) groups is 1. The third-order valence-corrected chi connectivity index (χ3v) is 4.62. The van der Waals surface area contributed by atoms with Crippen LogP contribution in [-0.4, -0.2) is 35.8 Å². The second kappa shape index (κ2) is 5.98. The van der Waals surface area contributed by atoms with E-state index in [0.717, 1.165) is 24.3 Å². The number of rotatable bonds is 5. The molecular formula is C13H20N2O3S. The molecular weight excluding hydrogens is 264 g/mol. The third kappa shape index (κ3) is 3.13. The number of nitrogens with one attached hydrogen (secondary N) is 1. The Morgan fingerprint density at radius 1 is 1.74 bits per heavy atom. The molecule has 1 aromatic rings. The summed E-state index contributed by atoms with van der Waals surface area (Å²) in [5, 5.41) is 15.0. The summed E-state index contributed by atoms with van der Waals surface area (Å²) in [6.45, 7) is 2.54.